The molecule has 2 aromatic rings. The molecule has 1 fully saturated rings. The molecule has 3 nitrogen and oxygen atoms in total. The van der Waals surface area contributed by atoms with Gasteiger partial charge in [0.1, 0.15) is 5.82 Å². The number of benzene rings is 2. The molecular formula is C18H22FNO2S. The van der Waals surface area contributed by atoms with Gasteiger partial charge in [-0.1, -0.05) is 31.2 Å². The van der Waals surface area contributed by atoms with Gasteiger partial charge >= 0.3 is 0 Å². The Morgan fingerprint density at radius 2 is 1.74 bits per heavy atom. The molecule has 0 radical (unpaired) electrons. The Labute approximate surface area is 137 Å². The highest BCUT2D eigenvalue weighted by Crippen LogP contribution is 2.22. The second-order valence-corrected chi connectivity index (χ2v) is 8.53. The highest BCUT2D eigenvalue weighted by atomic mass is 32.2. The zero-order valence-electron chi connectivity index (χ0n) is 13.3. The molecule has 0 saturated carbocycles. The average Bonchev–Trinajstić information content (AvgIpc) is 2.53. The first kappa shape index (κ1) is 16.4. The fourth-order valence-electron chi connectivity index (χ4n) is 3.08. The van der Waals surface area contributed by atoms with E-state index in [1.165, 1.54) is 6.07 Å². The second kappa shape index (κ2) is 6.57. The summed E-state index contributed by atoms with van der Waals surface area (Å²) >= 11 is 0. The smallest absolute Gasteiger partial charge is 0.212 e. The summed E-state index contributed by atoms with van der Waals surface area (Å²) in [6.45, 7) is 3.32. The average molecular weight is 335 g/mol. The predicted molar refractivity (Wildman–Crippen MR) is 91.4 cm³/mol. The monoisotopic (exact) mass is 335 g/mol. The van der Waals surface area contributed by atoms with E-state index < -0.39 is 10.0 Å². The lowest BCUT2D eigenvalue weighted by molar-refractivity contribution is 0.288. The van der Waals surface area contributed by atoms with Crippen molar-refractivity contribution >= 4 is 20.8 Å². The Bertz CT molecular complexity index is 796. The highest BCUT2D eigenvalue weighted by molar-refractivity contribution is 7.89. The van der Waals surface area contributed by atoms with E-state index in [0.717, 1.165) is 23.6 Å². The Kier molecular flexibility index (Phi) is 4.69. The summed E-state index contributed by atoms with van der Waals surface area (Å²) in [4.78, 5) is 0. The maximum Gasteiger partial charge on any atom is 0.214 e. The molecule has 1 aliphatic rings. The van der Waals surface area contributed by atoms with Crippen molar-refractivity contribution in [3.63, 3.8) is 0 Å². The van der Waals surface area contributed by atoms with Crippen molar-refractivity contribution in [1.82, 2.24) is 4.31 Å². The van der Waals surface area contributed by atoms with E-state index in [0.29, 0.717) is 24.6 Å². The molecular weight excluding hydrogens is 313 g/mol. The van der Waals surface area contributed by atoms with Gasteiger partial charge in [-0.15, -0.1) is 0 Å². The molecule has 3 rings (SSSR count). The van der Waals surface area contributed by atoms with Crippen LogP contribution in [-0.2, 0) is 16.4 Å². The Morgan fingerprint density at radius 3 is 2.39 bits per heavy atom. The molecule has 1 aliphatic heterocycles. The van der Waals surface area contributed by atoms with E-state index >= 15 is 0 Å². The van der Waals surface area contributed by atoms with Gasteiger partial charge in [0, 0.05) is 13.1 Å². The Balaban J connectivity index is 1.73. The number of hydrogen-bond donors (Lipinski definition) is 0. The fraction of sp³-hybridized carbons (Fsp3) is 0.444. The number of sulfonamides is 1. The molecule has 1 heterocycles. The maximum atomic E-state index is 14.2. The van der Waals surface area contributed by atoms with Crippen LogP contribution in [0.2, 0.25) is 0 Å². The number of halogens is 1. The Morgan fingerprint density at radius 1 is 1.13 bits per heavy atom. The van der Waals surface area contributed by atoms with Crippen molar-refractivity contribution in [3.8, 4) is 0 Å². The summed E-state index contributed by atoms with van der Waals surface area (Å²) in [5, 5.41) is 1.77. The highest BCUT2D eigenvalue weighted by Gasteiger charge is 2.26. The molecule has 0 bridgehead atoms. The minimum atomic E-state index is -3.31. The molecule has 0 N–H and O–H groups in total. The largest absolute Gasteiger partial charge is 0.214 e. The van der Waals surface area contributed by atoms with Gasteiger partial charge in [-0.25, -0.2) is 17.1 Å². The van der Waals surface area contributed by atoms with Gasteiger partial charge in [0.05, 0.1) is 5.75 Å². The molecule has 5 heteroatoms. The summed E-state index contributed by atoms with van der Waals surface area (Å²) in [6, 6.07) is 10.8. The fourth-order valence-corrected chi connectivity index (χ4v) is 4.59. The van der Waals surface area contributed by atoms with Gasteiger partial charge in [-0.3, -0.25) is 0 Å². The molecule has 0 spiro atoms. The number of aryl methyl sites for hydroxylation is 1. The first-order valence-corrected chi connectivity index (χ1v) is 9.71. The van der Waals surface area contributed by atoms with Crippen LogP contribution in [0.25, 0.3) is 10.8 Å². The van der Waals surface area contributed by atoms with E-state index in [1.54, 1.807) is 10.4 Å². The van der Waals surface area contributed by atoms with Crippen LogP contribution in [0.3, 0.4) is 0 Å². The van der Waals surface area contributed by atoms with Gasteiger partial charge in [0.25, 0.3) is 0 Å². The minimum Gasteiger partial charge on any atom is -0.212 e. The SMILES string of the molecule is CC1CCN(S(=O)(=O)CCc2cc3ccccc3cc2F)CC1. The third-order valence-corrected chi connectivity index (χ3v) is 6.55. The van der Waals surface area contributed by atoms with Gasteiger partial charge in [0.15, 0.2) is 0 Å². The van der Waals surface area contributed by atoms with Crippen LogP contribution >= 0.6 is 0 Å². The van der Waals surface area contributed by atoms with Crippen molar-refractivity contribution in [2.45, 2.75) is 26.2 Å². The lowest BCUT2D eigenvalue weighted by atomic mass is 10.0. The third kappa shape index (κ3) is 3.72. The first-order valence-electron chi connectivity index (χ1n) is 8.11. The summed E-state index contributed by atoms with van der Waals surface area (Å²) in [5.74, 6) is 0.224. The van der Waals surface area contributed by atoms with Crippen molar-refractivity contribution in [2.24, 2.45) is 5.92 Å². The lowest BCUT2D eigenvalue weighted by Gasteiger charge is -2.29. The van der Waals surface area contributed by atoms with Gasteiger partial charge in [-0.05, 0) is 53.6 Å². The molecule has 0 aromatic heterocycles. The minimum absolute atomic E-state index is 0.0311. The van der Waals surface area contributed by atoms with Gasteiger partial charge in [-0.2, -0.15) is 0 Å². The number of piperidine rings is 1. The predicted octanol–water partition coefficient (Wildman–Crippen LogP) is 3.58. The second-order valence-electron chi connectivity index (χ2n) is 6.44. The summed E-state index contributed by atoms with van der Waals surface area (Å²) in [7, 11) is -3.31. The molecule has 1 saturated heterocycles. The van der Waals surface area contributed by atoms with Crippen molar-refractivity contribution in [3.05, 3.63) is 47.8 Å². The number of fused-ring (bicyclic) bond motifs is 1. The molecule has 0 aliphatic carbocycles. The van der Waals surface area contributed by atoms with E-state index in [9.17, 15) is 12.8 Å². The van der Waals surface area contributed by atoms with Crippen molar-refractivity contribution in [1.29, 1.82) is 0 Å². The van der Waals surface area contributed by atoms with Crippen LogP contribution in [0.15, 0.2) is 36.4 Å². The zero-order chi connectivity index (χ0) is 16.4. The molecule has 23 heavy (non-hydrogen) atoms. The first-order chi connectivity index (χ1) is 11.0. The lowest BCUT2D eigenvalue weighted by Crippen LogP contribution is -2.39. The number of hydrogen-bond acceptors (Lipinski definition) is 2. The maximum absolute atomic E-state index is 14.2. The Hall–Kier alpha value is -1.46. The normalized spacial score (nSPS) is 17.7. The molecule has 2 aromatic carbocycles. The summed E-state index contributed by atoms with van der Waals surface area (Å²) in [6.07, 6.45) is 2.03. The van der Waals surface area contributed by atoms with Crippen LogP contribution in [0.4, 0.5) is 4.39 Å². The van der Waals surface area contributed by atoms with Crippen LogP contribution < -0.4 is 0 Å². The van der Waals surface area contributed by atoms with Crippen LogP contribution in [0, 0.1) is 11.7 Å². The van der Waals surface area contributed by atoms with E-state index in [4.69, 9.17) is 0 Å². The summed E-state index contributed by atoms with van der Waals surface area (Å²) in [5.41, 5.74) is 0.470. The van der Waals surface area contributed by atoms with Crippen molar-refractivity contribution in [2.75, 3.05) is 18.8 Å². The molecule has 124 valence electrons. The third-order valence-electron chi connectivity index (χ3n) is 4.68. The van der Waals surface area contributed by atoms with E-state index in [-0.39, 0.29) is 18.0 Å². The van der Waals surface area contributed by atoms with E-state index in [1.807, 2.05) is 24.3 Å². The summed E-state index contributed by atoms with van der Waals surface area (Å²) < 4.78 is 40.6. The number of nitrogens with zero attached hydrogens (tertiary/aromatic N) is 1. The number of rotatable bonds is 4. The van der Waals surface area contributed by atoms with Gasteiger partial charge < -0.3 is 0 Å². The van der Waals surface area contributed by atoms with Crippen LogP contribution in [-0.4, -0.2) is 31.6 Å². The molecule has 0 amide bonds. The van der Waals surface area contributed by atoms with Gasteiger partial charge in [0.2, 0.25) is 10.0 Å². The van der Waals surface area contributed by atoms with Crippen LogP contribution in [0.5, 0.6) is 0 Å². The van der Waals surface area contributed by atoms with E-state index in [2.05, 4.69) is 6.92 Å². The molecule has 0 atom stereocenters. The quantitative estimate of drug-likeness (QED) is 0.856. The molecule has 0 unspecified atom stereocenters. The van der Waals surface area contributed by atoms with Crippen molar-refractivity contribution < 1.29 is 12.8 Å². The van der Waals surface area contributed by atoms with Crippen LogP contribution in [0.1, 0.15) is 25.3 Å². The zero-order valence-corrected chi connectivity index (χ0v) is 14.2. The topological polar surface area (TPSA) is 37.4 Å². The standard InChI is InChI=1S/C18H22FNO2S/c1-14-6-9-20(10-7-14)23(21,22)11-8-17-12-15-4-2-3-5-16(15)13-18(17)19/h2-5,12-14H,6-11H2,1H3.